The summed E-state index contributed by atoms with van der Waals surface area (Å²) < 4.78 is 29.8. The quantitative estimate of drug-likeness (QED) is 0.783. The summed E-state index contributed by atoms with van der Waals surface area (Å²) in [5.41, 5.74) is 0.728. The zero-order valence-corrected chi connectivity index (χ0v) is 13.0. The molecule has 0 fully saturated rings. The van der Waals surface area contributed by atoms with Crippen molar-refractivity contribution in [2.45, 2.75) is 10.7 Å². The van der Waals surface area contributed by atoms with Crippen LogP contribution in [0.5, 0.6) is 5.75 Å². The van der Waals surface area contributed by atoms with Gasteiger partial charge in [0.25, 0.3) is 11.7 Å². The van der Waals surface area contributed by atoms with E-state index in [1.54, 1.807) is 24.3 Å². The molecule has 1 amide bonds. The van der Waals surface area contributed by atoms with Gasteiger partial charge < -0.3 is 10.1 Å². The van der Waals surface area contributed by atoms with Crippen LogP contribution >= 0.6 is 23.4 Å². The molecule has 0 aromatic heterocycles. The molecule has 0 saturated carbocycles. The lowest BCUT2D eigenvalue weighted by atomic mass is 10.2. The van der Waals surface area contributed by atoms with Crippen molar-refractivity contribution in [3.63, 3.8) is 0 Å². The number of nitrogens with one attached hydrogen (secondary N) is 1. The first kappa shape index (κ1) is 16.6. The van der Waals surface area contributed by atoms with Gasteiger partial charge in [0.15, 0.2) is 0 Å². The molecule has 2 rings (SSSR count). The maximum absolute atomic E-state index is 12.4. The first-order valence-electron chi connectivity index (χ1n) is 6.19. The highest BCUT2D eigenvalue weighted by molar-refractivity contribution is 7.99. The van der Waals surface area contributed by atoms with Crippen molar-refractivity contribution in [2.75, 3.05) is 12.4 Å². The summed E-state index contributed by atoms with van der Waals surface area (Å²) in [6, 6.07) is 10.9. The topological polar surface area (TPSA) is 38.3 Å². The first-order chi connectivity index (χ1) is 10.5. The molecule has 116 valence electrons. The molecule has 0 heterocycles. The third kappa shape index (κ3) is 4.35. The Morgan fingerprint density at radius 1 is 1.27 bits per heavy atom. The van der Waals surface area contributed by atoms with E-state index in [0.717, 1.165) is 0 Å². The predicted octanol–water partition coefficient (Wildman–Crippen LogP) is 4.92. The van der Waals surface area contributed by atoms with Crippen LogP contribution in [0.3, 0.4) is 0 Å². The van der Waals surface area contributed by atoms with Crippen LogP contribution in [0.1, 0.15) is 10.4 Å². The van der Waals surface area contributed by atoms with Gasteiger partial charge in [-0.25, -0.2) is 0 Å². The number of halogens is 3. The van der Waals surface area contributed by atoms with Crippen LogP contribution in [-0.2, 0) is 0 Å². The van der Waals surface area contributed by atoms with E-state index >= 15 is 0 Å². The lowest BCUT2D eigenvalue weighted by molar-refractivity contribution is 0.102. The van der Waals surface area contributed by atoms with E-state index < -0.39 is 11.7 Å². The molecule has 0 aliphatic heterocycles. The second kappa shape index (κ2) is 7.47. The van der Waals surface area contributed by atoms with Gasteiger partial charge in [-0.1, -0.05) is 29.4 Å². The molecule has 3 nitrogen and oxygen atoms in total. The van der Waals surface area contributed by atoms with Gasteiger partial charge in [-0.2, -0.15) is 8.78 Å². The van der Waals surface area contributed by atoms with Crippen molar-refractivity contribution in [3.8, 4) is 5.75 Å². The minimum atomic E-state index is -2.51. The SMILES string of the molecule is COc1cc(Cl)ccc1C(=O)Nc1cccc(SC(F)F)c1. The molecular formula is C15H12ClF2NO2S. The van der Waals surface area contributed by atoms with Crippen LogP contribution in [0.25, 0.3) is 0 Å². The van der Waals surface area contributed by atoms with Crippen LogP contribution in [0.2, 0.25) is 5.02 Å². The number of alkyl halides is 2. The fourth-order valence-corrected chi connectivity index (χ4v) is 2.52. The predicted molar refractivity (Wildman–Crippen MR) is 84.3 cm³/mol. The summed E-state index contributed by atoms with van der Waals surface area (Å²) in [5, 5.41) is 3.09. The van der Waals surface area contributed by atoms with Crippen molar-refractivity contribution in [3.05, 3.63) is 53.1 Å². The maximum Gasteiger partial charge on any atom is 0.288 e. The van der Waals surface area contributed by atoms with E-state index in [2.05, 4.69) is 5.32 Å². The van der Waals surface area contributed by atoms with Crippen LogP contribution in [0, 0.1) is 0 Å². The smallest absolute Gasteiger partial charge is 0.288 e. The summed E-state index contributed by atoms with van der Waals surface area (Å²) in [4.78, 5) is 12.6. The molecule has 0 spiro atoms. The maximum atomic E-state index is 12.4. The van der Waals surface area contributed by atoms with Gasteiger partial charge in [-0.05, 0) is 36.4 Å². The molecule has 0 radical (unpaired) electrons. The summed E-state index contributed by atoms with van der Waals surface area (Å²) in [6.07, 6.45) is 0. The molecule has 2 aromatic carbocycles. The van der Waals surface area contributed by atoms with E-state index in [1.165, 1.54) is 25.3 Å². The number of carbonyl (C=O) groups excluding carboxylic acids is 1. The number of thioether (sulfide) groups is 1. The zero-order chi connectivity index (χ0) is 16.1. The van der Waals surface area contributed by atoms with Gasteiger partial charge in [0.1, 0.15) is 5.75 Å². The molecule has 7 heteroatoms. The molecule has 0 unspecified atom stereocenters. The lowest BCUT2D eigenvalue weighted by Crippen LogP contribution is -2.13. The Balaban J connectivity index is 2.18. The number of hydrogen-bond acceptors (Lipinski definition) is 3. The normalized spacial score (nSPS) is 10.6. The zero-order valence-electron chi connectivity index (χ0n) is 11.5. The average Bonchev–Trinajstić information content (AvgIpc) is 2.46. The van der Waals surface area contributed by atoms with Gasteiger partial charge in [0.05, 0.1) is 12.7 Å². The number of benzene rings is 2. The van der Waals surface area contributed by atoms with E-state index in [9.17, 15) is 13.6 Å². The highest BCUT2D eigenvalue weighted by atomic mass is 35.5. The van der Waals surface area contributed by atoms with Crippen LogP contribution in [0.4, 0.5) is 14.5 Å². The molecule has 1 N–H and O–H groups in total. The Morgan fingerprint density at radius 3 is 2.73 bits per heavy atom. The Hall–Kier alpha value is -1.79. The highest BCUT2D eigenvalue weighted by Gasteiger charge is 2.13. The van der Waals surface area contributed by atoms with E-state index in [-0.39, 0.29) is 0 Å². The molecular weight excluding hydrogens is 332 g/mol. The van der Waals surface area contributed by atoms with Gasteiger partial charge in [0, 0.05) is 15.6 Å². The molecule has 0 bridgehead atoms. The summed E-state index contributed by atoms with van der Waals surface area (Å²) in [7, 11) is 1.43. The number of anilines is 1. The van der Waals surface area contributed by atoms with Crippen molar-refractivity contribution >= 4 is 35.0 Å². The number of carbonyl (C=O) groups is 1. The number of rotatable bonds is 5. The monoisotopic (exact) mass is 343 g/mol. The molecule has 22 heavy (non-hydrogen) atoms. The molecule has 0 aliphatic carbocycles. The summed E-state index contributed by atoms with van der Waals surface area (Å²) in [5.74, 6) is -2.59. The molecule has 2 aromatic rings. The van der Waals surface area contributed by atoms with Crippen molar-refractivity contribution in [2.24, 2.45) is 0 Å². The summed E-state index contributed by atoms with van der Waals surface area (Å²) >= 11 is 6.26. The third-order valence-corrected chi connectivity index (χ3v) is 3.66. The Kier molecular flexibility index (Phi) is 5.63. The molecule has 0 saturated heterocycles. The van der Waals surface area contributed by atoms with Gasteiger partial charge >= 0.3 is 0 Å². The van der Waals surface area contributed by atoms with E-state index in [1.807, 2.05) is 0 Å². The Labute approximate surface area is 135 Å². The van der Waals surface area contributed by atoms with E-state index in [0.29, 0.717) is 38.7 Å². The number of ether oxygens (including phenoxy) is 1. The summed E-state index contributed by atoms with van der Waals surface area (Å²) in [6.45, 7) is 0. The number of amides is 1. The van der Waals surface area contributed by atoms with Crippen LogP contribution in [-0.4, -0.2) is 18.8 Å². The van der Waals surface area contributed by atoms with E-state index in [4.69, 9.17) is 16.3 Å². The number of methoxy groups -OCH3 is 1. The van der Waals surface area contributed by atoms with Gasteiger partial charge in [0.2, 0.25) is 0 Å². The minimum Gasteiger partial charge on any atom is -0.496 e. The van der Waals surface area contributed by atoms with Gasteiger partial charge in [-0.3, -0.25) is 4.79 Å². The highest BCUT2D eigenvalue weighted by Crippen LogP contribution is 2.28. The molecule has 0 atom stereocenters. The molecule has 0 aliphatic rings. The average molecular weight is 344 g/mol. The Morgan fingerprint density at radius 2 is 2.05 bits per heavy atom. The largest absolute Gasteiger partial charge is 0.496 e. The minimum absolute atomic E-state index is 0.304. The second-order valence-electron chi connectivity index (χ2n) is 4.21. The fraction of sp³-hybridized carbons (Fsp3) is 0.133. The Bertz CT molecular complexity index is 682. The number of hydrogen-bond donors (Lipinski definition) is 1. The van der Waals surface area contributed by atoms with Crippen molar-refractivity contribution in [1.29, 1.82) is 0 Å². The third-order valence-electron chi connectivity index (χ3n) is 2.73. The van der Waals surface area contributed by atoms with Crippen molar-refractivity contribution < 1.29 is 18.3 Å². The van der Waals surface area contributed by atoms with Crippen molar-refractivity contribution in [1.82, 2.24) is 0 Å². The van der Waals surface area contributed by atoms with Crippen LogP contribution < -0.4 is 10.1 Å². The first-order valence-corrected chi connectivity index (χ1v) is 7.45. The van der Waals surface area contributed by atoms with Crippen LogP contribution in [0.15, 0.2) is 47.4 Å². The lowest BCUT2D eigenvalue weighted by Gasteiger charge is -2.10. The standard InChI is InChI=1S/C15H12ClF2NO2S/c1-21-13-7-9(16)5-6-12(13)14(20)19-10-3-2-4-11(8-10)22-15(17)18/h2-8,15H,1H3,(H,19,20). The van der Waals surface area contributed by atoms with Gasteiger partial charge in [-0.15, -0.1) is 0 Å². The second-order valence-corrected chi connectivity index (χ2v) is 5.70. The fourth-order valence-electron chi connectivity index (χ4n) is 1.80.